The summed E-state index contributed by atoms with van der Waals surface area (Å²) in [7, 11) is 0. The number of carboxylic acids is 1. The number of halogens is 2. The minimum Gasteiger partial charge on any atom is -0.481 e. The van der Waals surface area contributed by atoms with E-state index < -0.39 is 17.8 Å². The first-order valence-corrected chi connectivity index (χ1v) is 6.19. The maximum Gasteiger partial charge on any atom is 0.303 e. The molecule has 1 aromatic carbocycles. The molecule has 0 bridgehead atoms. The first-order chi connectivity index (χ1) is 8.88. The third-order valence-electron chi connectivity index (χ3n) is 2.60. The van der Waals surface area contributed by atoms with Crippen LogP contribution in [0.15, 0.2) is 18.2 Å². The van der Waals surface area contributed by atoms with Crippen LogP contribution in [0.3, 0.4) is 0 Å². The van der Waals surface area contributed by atoms with Crippen molar-refractivity contribution in [2.75, 3.05) is 0 Å². The summed E-state index contributed by atoms with van der Waals surface area (Å²) in [6.45, 7) is 1.34. The number of aliphatic carboxylic acids is 1. The molecule has 4 nitrogen and oxygen atoms in total. The first kappa shape index (κ1) is 15.4. The lowest BCUT2D eigenvalue weighted by atomic mass is 10.0. The lowest BCUT2D eigenvalue weighted by Gasteiger charge is -2.17. The predicted octanol–water partition coefficient (Wildman–Crippen LogP) is 2.39. The minimum absolute atomic E-state index is 0.0832. The standard InChI is InChI=1S/C13H15ClFNO3/c1-8(17)16-11(4-5-13(18)19)6-9-2-3-10(14)7-12(9)15/h2-3,7,11H,4-6H2,1H3,(H,16,17)(H,18,19). The summed E-state index contributed by atoms with van der Waals surface area (Å²) in [6.07, 6.45) is 0.396. The van der Waals surface area contributed by atoms with Crippen LogP contribution in [-0.4, -0.2) is 23.0 Å². The first-order valence-electron chi connectivity index (χ1n) is 5.81. The Morgan fingerprint density at radius 2 is 2.16 bits per heavy atom. The van der Waals surface area contributed by atoms with Gasteiger partial charge < -0.3 is 10.4 Å². The van der Waals surface area contributed by atoms with E-state index >= 15 is 0 Å². The molecule has 1 aromatic rings. The van der Waals surface area contributed by atoms with Crippen molar-refractivity contribution in [1.82, 2.24) is 5.32 Å². The van der Waals surface area contributed by atoms with E-state index in [9.17, 15) is 14.0 Å². The molecule has 0 saturated carbocycles. The third kappa shape index (κ3) is 5.70. The van der Waals surface area contributed by atoms with E-state index in [4.69, 9.17) is 16.7 Å². The monoisotopic (exact) mass is 287 g/mol. The van der Waals surface area contributed by atoms with Gasteiger partial charge in [0.1, 0.15) is 5.82 Å². The topological polar surface area (TPSA) is 66.4 Å². The van der Waals surface area contributed by atoms with Gasteiger partial charge in [0.25, 0.3) is 0 Å². The summed E-state index contributed by atoms with van der Waals surface area (Å²) >= 11 is 5.65. The van der Waals surface area contributed by atoms with E-state index in [0.717, 1.165) is 0 Å². The quantitative estimate of drug-likeness (QED) is 0.844. The number of nitrogens with one attached hydrogen (secondary N) is 1. The Kier molecular flexibility index (Phi) is 5.76. The van der Waals surface area contributed by atoms with Crippen LogP contribution in [0.1, 0.15) is 25.3 Å². The summed E-state index contributed by atoms with van der Waals surface area (Å²) in [5.74, 6) is -1.69. The molecule has 0 aliphatic rings. The van der Waals surface area contributed by atoms with Gasteiger partial charge in [-0.2, -0.15) is 0 Å². The van der Waals surface area contributed by atoms with Crippen molar-refractivity contribution < 1.29 is 19.1 Å². The third-order valence-corrected chi connectivity index (χ3v) is 2.83. The van der Waals surface area contributed by atoms with Crippen LogP contribution in [-0.2, 0) is 16.0 Å². The van der Waals surface area contributed by atoms with Crippen molar-refractivity contribution in [3.8, 4) is 0 Å². The molecule has 0 aromatic heterocycles. The molecular formula is C13H15ClFNO3. The number of carbonyl (C=O) groups excluding carboxylic acids is 1. The fraction of sp³-hybridized carbons (Fsp3) is 0.385. The van der Waals surface area contributed by atoms with Crippen LogP contribution in [0.5, 0.6) is 0 Å². The number of amides is 1. The van der Waals surface area contributed by atoms with E-state index in [-0.39, 0.29) is 25.2 Å². The highest BCUT2D eigenvalue weighted by molar-refractivity contribution is 6.30. The zero-order valence-corrected chi connectivity index (χ0v) is 11.2. The molecule has 0 spiro atoms. The molecule has 0 heterocycles. The van der Waals surface area contributed by atoms with Crippen LogP contribution in [0.25, 0.3) is 0 Å². The van der Waals surface area contributed by atoms with E-state index in [1.54, 1.807) is 6.07 Å². The Balaban J connectivity index is 2.74. The number of hydrogen-bond donors (Lipinski definition) is 2. The summed E-state index contributed by atoms with van der Waals surface area (Å²) in [4.78, 5) is 21.6. The van der Waals surface area contributed by atoms with Crippen LogP contribution in [0.2, 0.25) is 5.02 Å². The van der Waals surface area contributed by atoms with Gasteiger partial charge in [0.2, 0.25) is 5.91 Å². The Morgan fingerprint density at radius 3 is 2.68 bits per heavy atom. The lowest BCUT2D eigenvalue weighted by molar-refractivity contribution is -0.137. The molecule has 1 amide bonds. The average Bonchev–Trinajstić information content (AvgIpc) is 2.28. The van der Waals surface area contributed by atoms with Crippen molar-refractivity contribution in [3.63, 3.8) is 0 Å². The molecule has 19 heavy (non-hydrogen) atoms. The number of carbonyl (C=O) groups is 2. The van der Waals surface area contributed by atoms with E-state index in [1.165, 1.54) is 19.1 Å². The van der Waals surface area contributed by atoms with Crippen LogP contribution < -0.4 is 5.32 Å². The molecule has 104 valence electrons. The molecular weight excluding hydrogens is 273 g/mol. The predicted molar refractivity (Wildman–Crippen MR) is 69.6 cm³/mol. The van der Waals surface area contributed by atoms with Crippen molar-refractivity contribution in [3.05, 3.63) is 34.6 Å². The fourth-order valence-electron chi connectivity index (χ4n) is 1.76. The van der Waals surface area contributed by atoms with Gasteiger partial charge in [-0.05, 0) is 30.5 Å². The van der Waals surface area contributed by atoms with E-state index in [0.29, 0.717) is 10.6 Å². The minimum atomic E-state index is -0.952. The summed E-state index contributed by atoms with van der Waals surface area (Å²) in [6, 6.07) is 3.87. The summed E-state index contributed by atoms with van der Waals surface area (Å²) in [5.41, 5.74) is 0.397. The maximum absolute atomic E-state index is 13.6. The van der Waals surface area contributed by atoms with Gasteiger partial charge in [0.05, 0.1) is 0 Å². The van der Waals surface area contributed by atoms with Crippen molar-refractivity contribution in [2.45, 2.75) is 32.2 Å². The molecule has 6 heteroatoms. The van der Waals surface area contributed by atoms with Crippen molar-refractivity contribution in [2.24, 2.45) is 0 Å². The smallest absolute Gasteiger partial charge is 0.303 e. The Hall–Kier alpha value is -1.62. The molecule has 0 saturated heterocycles. The summed E-state index contributed by atoms with van der Waals surface area (Å²) < 4.78 is 13.6. The second kappa shape index (κ2) is 7.09. The molecule has 1 atom stereocenters. The van der Waals surface area contributed by atoms with Crippen LogP contribution >= 0.6 is 11.6 Å². The highest BCUT2D eigenvalue weighted by atomic mass is 35.5. The molecule has 1 unspecified atom stereocenters. The number of carboxylic acid groups (broad SMARTS) is 1. The normalized spacial score (nSPS) is 11.9. The molecule has 0 fully saturated rings. The number of hydrogen-bond acceptors (Lipinski definition) is 2. The SMILES string of the molecule is CC(=O)NC(CCC(=O)O)Cc1ccc(Cl)cc1F. The molecule has 0 aliphatic carbocycles. The number of benzene rings is 1. The second-order valence-corrected chi connectivity index (χ2v) is 4.71. The molecule has 1 rings (SSSR count). The van der Waals surface area contributed by atoms with Gasteiger partial charge in [-0.1, -0.05) is 17.7 Å². The van der Waals surface area contributed by atoms with Gasteiger partial charge in [-0.15, -0.1) is 0 Å². The van der Waals surface area contributed by atoms with Gasteiger partial charge in [-0.25, -0.2) is 4.39 Å². The maximum atomic E-state index is 13.6. The van der Waals surface area contributed by atoms with Gasteiger partial charge in [0, 0.05) is 24.4 Å². The second-order valence-electron chi connectivity index (χ2n) is 4.27. The zero-order valence-electron chi connectivity index (χ0n) is 10.5. The molecule has 0 aliphatic heterocycles. The molecule has 0 radical (unpaired) electrons. The van der Waals surface area contributed by atoms with Crippen LogP contribution in [0.4, 0.5) is 4.39 Å². The highest BCUT2D eigenvalue weighted by Crippen LogP contribution is 2.17. The molecule has 2 N–H and O–H groups in total. The van der Waals surface area contributed by atoms with Crippen molar-refractivity contribution >= 4 is 23.5 Å². The average molecular weight is 288 g/mol. The van der Waals surface area contributed by atoms with Gasteiger partial charge in [0.15, 0.2) is 0 Å². The van der Waals surface area contributed by atoms with Crippen LogP contribution in [0, 0.1) is 5.82 Å². The van der Waals surface area contributed by atoms with E-state index in [2.05, 4.69) is 5.32 Å². The Morgan fingerprint density at radius 1 is 1.47 bits per heavy atom. The summed E-state index contributed by atoms with van der Waals surface area (Å²) in [5, 5.41) is 11.6. The van der Waals surface area contributed by atoms with E-state index in [1.807, 2.05) is 0 Å². The van der Waals surface area contributed by atoms with Crippen molar-refractivity contribution in [1.29, 1.82) is 0 Å². The van der Waals surface area contributed by atoms with Gasteiger partial charge in [-0.3, -0.25) is 9.59 Å². The number of rotatable bonds is 6. The zero-order chi connectivity index (χ0) is 14.4. The fourth-order valence-corrected chi connectivity index (χ4v) is 1.92. The highest BCUT2D eigenvalue weighted by Gasteiger charge is 2.15. The Labute approximate surface area is 115 Å². The Bertz CT molecular complexity index is 479. The lowest BCUT2D eigenvalue weighted by Crippen LogP contribution is -2.35. The largest absolute Gasteiger partial charge is 0.481 e. The van der Waals surface area contributed by atoms with Gasteiger partial charge >= 0.3 is 5.97 Å².